The molecule has 1 heterocycles. The Labute approximate surface area is 79.0 Å². The van der Waals surface area contributed by atoms with E-state index in [1.165, 1.54) is 0 Å². The molecule has 0 saturated heterocycles. The Balaban J connectivity index is 2.84. The Morgan fingerprint density at radius 2 is 2.31 bits per heavy atom. The molecular weight excluding hydrogens is 164 g/mol. The van der Waals surface area contributed by atoms with Gasteiger partial charge in [-0.25, -0.2) is 0 Å². The molecule has 0 radical (unpaired) electrons. The number of aryl methyl sites for hydroxylation is 1. The van der Waals surface area contributed by atoms with Crippen LogP contribution in [0.1, 0.15) is 25.2 Å². The number of nitrogens with zero attached hydrogens (tertiary/aromatic N) is 2. The first kappa shape index (κ1) is 9.84. The fourth-order valence-corrected chi connectivity index (χ4v) is 1.12. The van der Waals surface area contributed by atoms with Gasteiger partial charge in [0.2, 0.25) is 0 Å². The lowest BCUT2D eigenvalue weighted by Gasteiger charge is -2.10. The second-order valence-corrected chi connectivity index (χ2v) is 3.09. The predicted octanol–water partition coefficient (Wildman–Crippen LogP) is 2.26. The minimum absolute atomic E-state index is 0.875. The fourth-order valence-electron chi connectivity index (χ4n) is 1.12. The van der Waals surface area contributed by atoms with Gasteiger partial charge in [0.1, 0.15) is 5.71 Å². The molecule has 0 N–H and O–H groups in total. The highest BCUT2D eigenvalue weighted by Gasteiger charge is 2.05. The molecule has 0 amide bonds. The van der Waals surface area contributed by atoms with Crippen molar-refractivity contribution in [3.05, 3.63) is 23.7 Å². The number of rotatable bonds is 3. The predicted molar refractivity (Wildman–Crippen MR) is 54.0 cm³/mol. The van der Waals surface area contributed by atoms with Crippen LogP contribution < -0.4 is 0 Å². The highest BCUT2D eigenvalue weighted by atomic mass is 16.3. The molecule has 0 aliphatic rings. The summed E-state index contributed by atoms with van der Waals surface area (Å²) >= 11 is 0. The highest BCUT2D eigenvalue weighted by molar-refractivity contribution is 5.97. The standard InChI is InChI=1S/C10H16N2O/c1-5-12(4)11-9(3)10-8(2)6-7-13-10/h6-7H,5H2,1-4H3/b11-9-. The second kappa shape index (κ2) is 4.12. The van der Waals surface area contributed by atoms with Crippen LogP contribution in [0.15, 0.2) is 21.8 Å². The van der Waals surface area contributed by atoms with Crippen molar-refractivity contribution < 1.29 is 4.42 Å². The van der Waals surface area contributed by atoms with Crippen LogP contribution in [-0.4, -0.2) is 24.3 Å². The molecule has 3 nitrogen and oxygen atoms in total. The number of furan rings is 1. The van der Waals surface area contributed by atoms with E-state index in [1.54, 1.807) is 6.26 Å². The molecule has 0 fully saturated rings. The van der Waals surface area contributed by atoms with E-state index in [0.717, 1.165) is 23.6 Å². The third-order valence-electron chi connectivity index (χ3n) is 1.97. The maximum Gasteiger partial charge on any atom is 0.152 e. The zero-order chi connectivity index (χ0) is 9.84. The summed E-state index contributed by atoms with van der Waals surface area (Å²) in [4.78, 5) is 0. The molecule has 1 aromatic heterocycles. The molecule has 1 aromatic rings. The number of hydrogen-bond donors (Lipinski definition) is 0. The van der Waals surface area contributed by atoms with Crippen molar-refractivity contribution in [2.24, 2.45) is 5.10 Å². The summed E-state index contributed by atoms with van der Waals surface area (Å²) in [6.07, 6.45) is 1.69. The minimum Gasteiger partial charge on any atom is -0.463 e. The summed E-state index contributed by atoms with van der Waals surface area (Å²) in [7, 11) is 1.95. The molecule has 0 bridgehead atoms. The summed E-state index contributed by atoms with van der Waals surface area (Å²) in [5.41, 5.74) is 2.05. The van der Waals surface area contributed by atoms with Gasteiger partial charge in [-0.2, -0.15) is 5.10 Å². The zero-order valence-electron chi connectivity index (χ0n) is 8.66. The molecule has 0 aliphatic heterocycles. The van der Waals surface area contributed by atoms with Gasteiger partial charge in [0.05, 0.1) is 6.26 Å². The Morgan fingerprint density at radius 1 is 1.62 bits per heavy atom. The molecule has 0 spiro atoms. The summed E-state index contributed by atoms with van der Waals surface area (Å²) < 4.78 is 5.31. The molecule has 0 aliphatic carbocycles. The average Bonchev–Trinajstić information content (AvgIpc) is 2.51. The molecule has 72 valence electrons. The second-order valence-electron chi connectivity index (χ2n) is 3.09. The van der Waals surface area contributed by atoms with E-state index in [2.05, 4.69) is 12.0 Å². The largest absolute Gasteiger partial charge is 0.463 e. The van der Waals surface area contributed by atoms with Gasteiger partial charge in [-0.15, -0.1) is 0 Å². The van der Waals surface area contributed by atoms with E-state index in [1.807, 2.05) is 32.0 Å². The Morgan fingerprint density at radius 3 is 2.77 bits per heavy atom. The lowest BCUT2D eigenvalue weighted by molar-refractivity contribution is 0.374. The monoisotopic (exact) mass is 180 g/mol. The lowest BCUT2D eigenvalue weighted by Crippen LogP contribution is -2.12. The van der Waals surface area contributed by atoms with Crippen LogP contribution >= 0.6 is 0 Å². The molecule has 0 atom stereocenters. The van der Waals surface area contributed by atoms with Crippen LogP contribution in [0.4, 0.5) is 0 Å². The topological polar surface area (TPSA) is 28.7 Å². The molecule has 0 unspecified atom stereocenters. The van der Waals surface area contributed by atoms with E-state index >= 15 is 0 Å². The summed E-state index contributed by atoms with van der Waals surface area (Å²) in [5, 5.41) is 6.24. The van der Waals surface area contributed by atoms with Gasteiger partial charge >= 0.3 is 0 Å². The first-order valence-electron chi connectivity index (χ1n) is 4.46. The summed E-state index contributed by atoms with van der Waals surface area (Å²) in [6.45, 7) is 6.94. The van der Waals surface area contributed by atoms with E-state index < -0.39 is 0 Å². The normalized spacial score (nSPS) is 11.8. The molecule has 0 aromatic carbocycles. The first-order valence-corrected chi connectivity index (χ1v) is 4.46. The van der Waals surface area contributed by atoms with E-state index in [0.29, 0.717) is 0 Å². The van der Waals surface area contributed by atoms with Crippen molar-refractivity contribution in [3.8, 4) is 0 Å². The van der Waals surface area contributed by atoms with Gasteiger partial charge in [-0.1, -0.05) is 0 Å². The van der Waals surface area contributed by atoms with Gasteiger partial charge in [-0.3, -0.25) is 0 Å². The van der Waals surface area contributed by atoms with Gasteiger partial charge in [0.15, 0.2) is 5.76 Å². The Kier molecular flexibility index (Phi) is 3.12. The van der Waals surface area contributed by atoms with Crippen LogP contribution in [0.3, 0.4) is 0 Å². The first-order chi connectivity index (χ1) is 6.15. The Bertz CT molecular complexity index is 302. The maximum atomic E-state index is 5.31. The SMILES string of the molecule is CCN(C)/N=C(/C)c1occc1C. The van der Waals surface area contributed by atoms with E-state index in [9.17, 15) is 0 Å². The third kappa shape index (κ3) is 2.34. The van der Waals surface area contributed by atoms with Gasteiger partial charge in [0.25, 0.3) is 0 Å². The molecule has 3 heteroatoms. The molecule has 0 saturated carbocycles. The lowest BCUT2D eigenvalue weighted by atomic mass is 10.2. The molecule has 13 heavy (non-hydrogen) atoms. The molecular formula is C10H16N2O. The van der Waals surface area contributed by atoms with Crippen molar-refractivity contribution >= 4 is 5.71 Å². The van der Waals surface area contributed by atoms with E-state index in [-0.39, 0.29) is 0 Å². The van der Waals surface area contributed by atoms with E-state index in [4.69, 9.17) is 4.42 Å². The van der Waals surface area contributed by atoms with Gasteiger partial charge < -0.3 is 9.43 Å². The van der Waals surface area contributed by atoms with Crippen molar-refractivity contribution in [2.45, 2.75) is 20.8 Å². The van der Waals surface area contributed by atoms with Crippen molar-refractivity contribution in [1.82, 2.24) is 5.01 Å². The zero-order valence-corrected chi connectivity index (χ0v) is 8.66. The highest BCUT2D eigenvalue weighted by Crippen LogP contribution is 2.10. The van der Waals surface area contributed by atoms with Crippen LogP contribution in [0, 0.1) is 6.92 Å². The number of hydrazone groups is 1. The quantitative estimate of drug-likeness (QED) is 0.527. The Hall–Kier alpha value is -1.25. The summed E-state index contributed by atoms with van der Waals surface area (Å²) in [5.74, 6) is 0.875. The van der Waals surface area contributed by atoms with Crippen molar-refractivity contribution in [3.63, 3.8) is 0 Å². The van der Waals surface area contributed by atoms with Crippen molar-refractivity contribution in [2.75, 3.05) is 13.6 Å². The van der Waals surface area contributed by atoms with Crippen LogP contribution in [0.25, 0.3) is 0 Å². The maximum absolute atomic E-state index is 5.31. The molecule has 1 rings (SSSR count). The average molecular weight is 180 g/mol. The third-order valence-corrected chi connectivity index (χ3v) is 1.97. The summed E-state index contributed by atoms with van der Waals surface area (Å²) in [6, 6.07) is 1.94. The fraction of sp³-hybridized carbons (Fsp3) is 0.500. The van der Waals surface area contributed by atoms with Crippen LogP contribution in [0.5, 0.6) is 0 Å². The van der Waals surface area contributed by atoms with Gasteiger partial charge in [-0.05, 0) is 32.4 Å². The van der Waals surface area contributed by atoms with Crippen molar-refractivity contribution in [1.29, 1.82) is 0 Å². The number of hydrogen-bond acceptors (Lipinski definition) is 3. The minimum atomic E-state index is 0.875. The smallest absolute Gasteiger partial charge is 0.152 e. The van der Waals surface area contributed by atoms with Crippen LogP contribution in [-0.2, 0) is 0 Å². The van der Waals surface area contributed by atoms with Gasteiger partial charge in [0, 0.05) is 13.6 Å². The van der Waals surface area contributed by atoms with Crippen LogP contribution in [0.2, 0.25) is 0 Å².